The maximum Gasteiger partial charge on any atom is 0.393 e. The molecule has 220 valence electrons. The molecule has 2 N–H and O–H groups in total. The summed E-state index contributed by atoms with van der Waals surface area (Å²) in [5.74, 6) is 2.33. The van der Waals surface area contributed by atoms with Gasteiger partial charge in [0, 0.05) is 24.8 Å². The zero-order valence-electron chi connectivity index (χ0n) is 24.1. The second kappa shape index (κ2) is 11.9. The van der Waals surface area contributed by atoms with Crippen molar-refractivity contribution in [2.45, 2.75) is 109 Å². The van der Waals surface area contributed by atoms with E-state index in [9.17, 15) is 13.2 Å². The molecule has 9 heteroatoms. The fraction of sp³-hybridized carbons (Fsp3) is 0.677. The van der Waals surface area contributed by atoms with Crippen LogP contribution < -0.4 is 10.6 Å². The van der Waals surface area contributed by atoms with Gasteiger partial charge in [-0.05, 0) is 88.0 Å². The number of thiazole rings is 1. The van der Waals surface area contributed by atoms with Crippen LogP contribution in [0.2, 0.25) is 0 Å². The third kappa shape index (κ3) is 7.12. The molecule has 2 aliphatic heterocycles. The molecule has 5 nitrogen and oxygen atoms in total. The number of nitrogens with zero attached hydrogens (tertiary/aromatic N) is 3. The van der Waals surface area contributed by atoms with Crippen LogP contribution >= 0.6 is 11.3 Å². The summed E-state index contributed by atoms with van der Waals surface area (Å²) in [6.07, 6.45) is 6.48. The standard InChI is InChI=1S/C31H44F3N5S/c1-18(2)16-35-19(3)30-38-27(20(4)39-25-7-6-8-26(39)14-13-25)29(40-30)24(15-31(32,33)34)17-36-21(5)37-28(22-9-10-22)23-11-12-23/h17-18,22-23,25-26,28,35H,3-4,6-16H2,1-2,5H3,(H,36,37)/b24-17+. The smallest absolute Gasteiger partial charge is 0.383 e. The lowest BCUT2D eigenvalue weighted by Gasteiger charge is -2.37. The van der Waals surface area contributed by atoms with Crippen LogP contribution in [0, 0.1) is 17.8 Å². The predicted octanol–water partition coefficient (Wildman–Crippen LogP) is 7.84. The summed E-state index contributed by atoms with van der Waals surface area (Å²) in [6, 6.07) is 1.06. The van der Waals surface area contributed by atoms with Crippen molar-refractivity contribution in [1.82, 2.24) is 20.5 Å². The second-order valence-corrected chi connectivity index (χ2v) is 13.6. The summed E-state index contributed by atoms with van der Waals surface area (Å²) >= 11 is 1.27. The van der Waals surface area contributed by atoms with Gasteiger partial charge in [0.2, 0.25) is 0 Å². The zero-order valence-corrected chi connectivity index (χ0v) is 24.9. The van der Waals surface area contributed by atoms with E-state index in [4.69, 9.17) is 9.98 Å². The average molecular weight is 576 g/mol. The summed E-state index contributed by atoms with van der Waals surface area (Å²) in [6.45, 7) is 15.4. The molecule has 4 fully saturated rings. The molecule has 2 bridgehead atoms. The first-order valence-corrected chi connectivity index (χ1v) is 15.8. The largest absolute Gasteiger partial charge is 0.393 e. The van der Waals surface area contributed by atoms with Crippen molar-refractivity contribution in [1.29, 1.82) is 0 Å². The highest BCUT2D eigenvalue weighted by molar-refractivity contribution is 7.14. The number of rotatable bonds is 12. The minimum atomic E-state index is -4.37. The summed E-state index contributed by atoms with van der Waals surface area (Å²) in [5.41, 5.74) is 2.08. The highest BCUT2D eigenvalue weighted by Crippen LogP contribution is 2.47. The highest BCUT2D eigenvalue weighted by atomic mass is 32.1. The molecule has 2 unspecified atom stereocenters. The van der Waals surface area contributed by atoms with Gasteiger partial charge in [0.1, 0.15) is 10.7 Å². The van der Waals surface area contributed by atoms with Gasteiger partial charge in [0.15, 0.2) is 0 Å². The van der Waals surface area contributed by atoms with Crippen molar-refractivity contribution in [2.75, 3.05) is 6.54 Å². The molecule has 1 aromatic heterocycles. The first kappa shape index (κ1) is 29.2. The summed E-state index contributed by atoms with van der Waals surface area (Å²) in [7, 11) is 0. The predicted molar refractivity (Wildman–Crippen MR) is 160 cm³/mol. The van der Waals surface area contributed by atoms with Gasteiger partial charge in [-0.3, -0.25) is 4.99 Å². The first-order chi connectivity index (χ1) is 19.0. The molecule has 2 atom stereocenters. The lowest BCUT2D eigenvalue weighted by molar-refractivity contribution is -0.123. The minimum Gasteiger partial charge on any atom is -0.383 e. The third-order valence-electron chi connectivity index (χ3n) is 8.58. The molecule has 1 aromatic rings. The molecule has 0 aromatic carbocycles. The summed E-state index contributed by atoms with van der Waals surface area (Å²) < 4.78 is 41.9. The summed E-state index contributed by atoms with van der Waals surface area (Å²) in [5, 5.41) is 7.06. The Morgan fingerprint density at radius 2 is 1.70 bits per heavy atom. The third-order valence-corrected chi connectivity index (χ3v) is 9.77. The Hall–Kier alpha value is -2.29. The van der Waals surface area contributed by atoms with Gasteiger partial charge < -0.3 is 15.5 Å². The van der Waals surface area contributed by atoms with Crippen LogP contribution in [0.1, 0.15) is 101 Å². The molecular formula is C31H44F3N5S. The van der Waals surface area contributed by atoms with Crippen molar-refractivity contribution in [3.05, 3.63) is 34.9 Å². The normalized spacial score (nSPS) is 23.8. The molecule has 2 saturated heterocycles. The molecule has 2 saturated carbocycles. The molecular weight excluding hydrogens is 531 g/mol. The average Bonchev–Trinajstić information content (AvgIpc) is 3.83. The number of alkyl halides is 3. The maximum absolute atomic E-state index is 14.0. The number of hydrogen-bond donors (Lipinski definition) is 2. The van der Waals surface area contributed by atoms with E-state index in [1.807, 2.05) is 6.92 Å². The number of hydrogen-bond acceptors (Lipinski definition) is 5. The van der Waals surface area contributed by atoms with Crippen LogP contribution in [0.5, 0.6) is 0 Å². The second-order valence-electron chi connectivity index (χ2n) is 12.6. The number of aliphatic imine (C=N–C) groups is 1. The van der Waals surface area contributed by atoms with Crippen LogP contribution in [0.4, 0.5) is 13.2 Å². The minimum absolute atomic E-state index is 0.164. The number of piperidine rings is 1. The van der Waals surface area contributed by atoms with E-state index >= 15 is 0 Å². The summed E-state index contributed by atoms with van der Waals surface area (Å²) in [4.78, 5) is 12.7. The van der Waals surface area contributed by atoms with E-state index in [0.29, 0.717) is 69.5 Å². The van der Waals surface area contributed by atoms with Crippen molar-refractivity contribution in [3.8, 4) is 0 Å². The number of nitrogens with one attached hydrogen (secondary N) is 2. The fourth-order valence-electron chi connectivity index (χ4n) is 6.28. The zero-order chi connectivity index (χ0) is 28.6. The fourth-order valence-corrected chi connectivity index (χ4v) is 7.33. The van der Waals surface area contributed by atoms with Crippen molar-refractivity contribution in [2.24, 2.45) is 22.7 Å². The Balaban J connectivity index is 1.48. The molecule has 0 spiro atoms. The molecule has 5 rings (SSSR count). The van der Waals surface area contributed by atoms with Gasteiger partial charge in [-0.25, -0.2) is 4.98 Å². The number of amidine groups is 1. The number of aromatic nitrogens is 1. The molecule has 2 aliphatic carbocycles. The van der Waals surface area contributed by atoms with Crippen molar-refractivity contribution < 1.29 is 13.2 Å². The van der Waals surface area contributed by atoms with Gasteiger partial charge in [-0.2, -0.15) is 13.2 Å². The van der Waals surface area contributed by atoms with Crippen molar-refractivity contribution in [3.63, 3.8) is 0 Å². The van der Waals surface area contributed by atoms with E-state index < -0.39 is 12.6 Å². The topological polar surface area (TPSA) is 52.6 Å². The van der Waals surface area contributed by atoms with E-state index in [0.717, 1.165) is 31.4 Å². The van der Waals surface area contributed by atoms with Crippen LogP contribution in [0.25, 0.3) is 17.0 Å². The lowest BCUT2D eigenvalue weighted by Crippen LogP contribution is -2.38. The van der Waals surface area contributed by atoms with E-state index in [1.165, 1.54) is 49.6 Å². The maximum atomic E-state index is 14.0. The Morgan fingerprint density at radius 1 is 1.07 bits per heavy atom. The number of halogens is 3. The Labute approximate surface area is 241 Å². The Morgan fingerprint density at radius 3 is 2.25 bits per heavy atom. The highest BCUT2D eigenvalue weighted by Gasteiger charge is 2.42. The van der Waals surface area contributed by atoms with E-state index in [2.05, 4.69) is 42.5 Å². The van der Waals surface area contributed by atoms with Crippen LogP contribution in [-0.4, -0.2) is 46.6 Å². The monoisotopic (exact) mass is 575 g/mol. The van der Waals surface area contributed by atoms with E-state index in [-0.39, 0.29) is 5.57 Å². The number of allylic oxidation sites excluding steroid dienone is 1. The molecule has 0 radical (unpaired) electrons. The van der Waals surface area contributed by atoms with E-state index in [1.54, 1.807) is 0 Å². The van der Waals surface area contributed by atoms with Gasteiger partial charge in [-0.15, -0.1) is 11.3 Å². The van der Waals surface area contributed by atoms with Crippen LogP contribution in [-0.2, 0) is 0 Å². The van der Waals surface area contributed by atoms with Crippen LogP contribution in [0.15, 0.2) is 24.4 Å². The first-order valence-electron chi connectivity index (χ1n) is 15.0. The van der Waals surface area contributed by atoms with Gasteiger partial charge in [0.05, 0.1) is 34.6 Å². The molecule has 40 heavy (non-hydrogen) atoms. The molecule has 3 heterocycles. The number of fused-ring (bicyclic) bond motifs is 2. The van der Waals surface area contributed by atoms with Gasteiger partial charge in [-0.1, -0.05) is 27.0 Å². The SMILES string of the molecule is C=C(NCC(C)C)c1nc(C(=C)N2C3CCCC2CC3)c(/C(=C/NC(C)=NC(C2CC2)C2CC2)CC(F)(F)F)s1. The quantitative estimate of drug-likeness (QED) is 0.197. The molecule has 0 amide bonds. The van der Waals surface area contributed by atoms with Crippen LogP contribution in [0.3, 0.4) is 0 Å². The van der Waals surface area contributed by atoms with Crippen molar-refractivity contribution >= 4 is 34.1 Å². The van der Waals surface area contributed by atoms with Gasteiger partial charge >= 0.3 is 6.18 Å². The Kier molecular flexibility index (Phi) is 8.69. The van der Waals surface area contributed by atoms with Gasteiger partial charge in [0.25, 0.3) is 0 Å². The molecule has 4 aliphatic rings. The lowest BCUT2D eigenvalue weighted by atomic mass is 10.0. The Bertz CT molecular complexity index is 1130.